The molecule has 88 valence electrons. The van der Waals surface area contributed by atoms with Gasteiger partial charge in [-0.25, -0.2) is 0 Å². The molecule has 1 aliphatic rings. The standard InChI is InChI=1S/C11H22N2O2/c1-9-8-13(7-6-12-9)11(14)5-4-10(2)15-3/h9-10,12H,4-8H2,1-3H3/t9-,10?/m1/s1. The van der Waals surface area contributed by atoms with E-state index in [9.17, 15) is 4.79 Å². The number of rotatable bonds is 4. The summed E-state index contributed by atoms with van der Waals surface area (Å²) in [6.07, 6.45) is 1.59. The maximum atomic E-state index is 11.8. The number of amides is 1. The van der Waals surface area contributed by atoms with Gasteiger partial charge in [0, 0.05) is 39.2 Å². The lowest BCUT2D eigenvalue weighted by molar-refractivity contribution is -0.132. The van der Waals surface area contributed by atoms with Gasteiger partial charge in [0.1, 0.15) is 0 Å². The van der Waals surface area contributed by atoms with Crippen LogP contribution in [-0.2, 0) is 9.53 Å². The molecule has 0 saturated carbocycles. The highest BCUT2D eigenvalue weighted by molar-refractivity contribution is 5.76. The summed E-state index contributed by atoms with van der Waals surface area (Å²) in [5.74, 6) is 0.257. The topological polar surface area (TPSA) is 41.6 Å². The van der Waals surface area contributed by atoms with Crippen molar-refractivity contribution in [2.45, 2.75) is 38.8 Å². The molecule has 1 fully saturated rings. The Morgan fingerprint density at radius 2 is 2.40 bits per heavy atom. The molecule has 0 bridgehead atoms. The number of hydrogen-bond donors (Lipinski definition) is 1. The molecule has 1 unspecified atom stereocenters. The number of nitrogens with one attached hydrogen (secondary N) is 1. The molecule has 0 aliphatic carbocycles. The molecule has 4 nitrogen and oxygen atoms in total. The molecule has 0 spiro atoms. The minimum absolute atomic E-state index is 0.175. The smallest absolute Gasteiger partial charge is 0.222 e. The fourth-order valence-corrected chi connectivity index (χ4v) is 1.76. The van der Waals surface area contributed by atoms with Crippen molar-refractivity contribution in [2.24, 2.45) is 0 Å². The Balaban J connectivity index is 2.26. The van der Waals surface area contributed by atoms with Crippen molar-refractivity contribution in [3.63, 3.8) is 0 Å². The Kier molecular flexibility index (Phi) is 5.05. The molecular weight excluding hydrogens is 192 g/mol. The van der Waals surface area contributed by atoms with Crippen LogP contribution in [0.25, 0.3) is 0 Å². The van der Waals surface area contributed by atoms with Gasteiger partial charge in [-0.3, -0.25) is 4.79 Å². The van der Waals surface area contributed by atoms with Crippen LogP contribution in [0, 0.1) is 0 Å². The van der Waals surface area contributed by atoms with Crippen molar-refractivity contribution < 1.29 is 9.53 Å². The van der Waals surface area contributed by atoms with Crippen LogP contribution in [0.3, 0.4) is 0 Å². The second kappa shape index (κ2) is 6.08. The predicted octanol–water partition coefficient (Wildman–Crippen LogP) is 0.622. The van der Waals surface area contributed by atoms with Gasteiger partial charge >= 0.3 is 0 Å². The summed E-state index contributed by atoms with van der Waals surface area (Å²) < 4.78 is 5.13. The average Bonchev–Trinajstić information content (AvgIpc) is 2.25. The zero-order valence-electron chi connectivity index (χ0n) is 9.95. The molecule has 15 heavy (non-hydrogen) atoms. The second-order valence-corrected chi connectivity index (χ2v) is 4.28. The SMILES string of the molecule is COC(C)CCC(=O)N1CCN[C@H](C)C1. The lowest BCUT2D eigenvalue weighted by Gasteiger charge is -2.32. The number of carbonyl (C=O) groups is 1. The highest BCUT2D eigenvalue weighted by atomic mass is 16.5. The van der Waals surface area contributed by atoms with E-state index in [2.05, 4.69) is 12.2 Å². The number of nitrogens with zero attached hydrogens (tertiary/aromatic N) is 1. The third kappa shape index (κ3) is 4.18. The van der Waals surface area contributed by atoms with Crippen molar-refractivity contribution >= 4 is 5.91 Å². The van der Waals surface area contributed by atoms with Crippen molar-refractivity contribution in [3.8, 4) is 0 Å². The van der Waals surface area contributed by atoms with Gasteiger partial charge in [0.2, 0.25) is 5.91 Å². The van der Waals surface area contributed by atoms with E-state index in [0.717, 1.165) is 26.1 Å². The van der Waals surface area contributed by atoms with Crippen molar-refractivity contribution in [2.75, 3.05) is 26.7 Å². The highest BCUT2D eigenvalue weighted by Crippen LogP contribution is 2.06. The lowest BCUT2D eigenvalue weighted by Crippen LogP contribution is -2.51. The first-order valence-corrected chi connectivity index (χ1v) is 5.67. The zero-order chi connectivity index (χ0) is 11.3. The molecule has 1 amide bonds. The van der Waals surface area contributed by atoms with E-state index in [1.165, 1.54) is 0 Å². The Hall–Kier alpha value is -0.610. The first-order valence-electron chi connectivity index (χ1n) is 5.67. The predicted molar refractivity (Wildman–Crippen MR) is 59.7 cm³/mol. The normalized spacial score (nSPS) is 23.9. The minimum Gasteiger partial charge on any atom is -0.382 e. The molecule has 1 rings (SSSR count). The molecule has 0 radical (unpaired) electrons. The van der Waals surface area contributed by atoms with Crippen LogP contribution in [0.5, 0.6) is 0 Å². The average molecular weight is 214 g/mol. The highest BCUT2D eigenvalue weighted by Gasteiger charge is 2.20. The minimum atomic E-state index is 0.175. The Bertz CT molecular complexity index is 209. The monoisotopic (exact) mass is 214 g/mol. The van der Waals surface area contributed by atoms with Crippen LogP contribution in [-0.4, -0.2) is 49.7 Å². The van der Waals surface area contributed by atoms with Gasteiger partial charge in [0.05, 0.1) is 6.10 Å². The van der Waals surface area contributed by atoms with E-state index in [1.54, 1.807) is 7.11 Å². The number of piperazine rings is 1. The van der Waals surface area contributed by atoms with Gasteiger partial charge in [0.15, 0.2) is 0 Å². The fraction of sp³-hybridized carbons (Fsp3) is 0.909. The number of methoxy groups -OCH3 is 1. The van der Waals surface area contributed by atoms with Crippen LogP contribution in [0.15, 0.2) is 0 Å². The summed E-state index contributed by atoms with van der Waals surface area (Å²) in [6.45, 7) is 6.68. The van der Waals surface area contributed by atoms with Gasteiger partial charge in [-0.05, 0) is 20.3 Å². The quantitative estimate of drug-likeness (QED) is 0.746. The number of hydrogen-bond acceptors (Lipinski definition) is 3. The zero-order valence-corrected chi connectivity index (χ0v) is 9.95. The molecule has 4 heteroatoms. The van der Waals surface area contributed by atoms with Gasteiger partial charge in [-0.1, -0.05) is 0 Å². The van der Waals surface area contributed by atoms with E-state index in [1.807, 2.05) is 11.8 Å². The van der Waals surface area contributed by atoms with E-state index >= 15 is 0 Å². The van der Waals surface area contributed by atoms with E-state index in [-0.39, 0.29) is 12.0 Å². The van der Waals surface area contributed by atoms with Crippen LogP contribution < -0.4 is 5.32 Å². The van der Waals surface area contributed by atoms with E-state index in [4.69, 9.17) is 4.74 Å². The Morgan fingerprint density at radius 3 is 3.00 bits per heavy atom. The van der Waals surface area contributed by atoms with Gasteiger partial charge in [0.25, 0.3) is 0 Å². The summed E-state index contributed by atoms with van der Waals surface area (Å²) in [4.78, 5) is 13.8. The summed E-state index contributed by atoms with van der Waals surface area (Å²) in [6, 6.07) is 0.419. The molecule has 1 aliphatic heterocycles. The Labute approximate surface area is 92.0 Å². The van der Waals surface area contributed by atoms with Crippen LogP contribution in [0.1, 0.15) is 26.7 Å². The maximum Gasteiger partial charge on any atom is 0.222 e. The first-order chi connectivity index (χ1) is 7.13. The molecule has 1 heterocycles. The molecule has 0 aromatic rings. The fourth-order valence-electron chi connectivity index (χ4n) is 1.76. The molecule has 1 saturated heterocycles. The third-order valence-corrected chi connectivity index (χ3v) is 2.89. The third-order valence-electron chi connectivity index (χ3n) is 2.89. The van der Waals surface area contributed by atoms with Crippen LogP contribution >= 0.6 is 0 Å². The summed E-state index contributed by atoms with van der Waals surface area (Å²) >= 11 is 0. The van der Waals surface area contributed by atoms with Gasteiger partial charge in [-0.2, -0.15) is 0 Å². The Morgan fingerprint density at radius 1 is 1.67 bits per heavy atom. The maximum absolute atomic E-state index is 11.8. The summed E-state index contributed by atoms with van der Waals surface area (Å²) in [7, 11) is 1.68. The molecular formula is C11H22N2O2. The lowest BCUT2D eigenvalue weighted by atomic mass is 10.1. The first kappa shape index (κ1) is 12.5. The molecule has 0 aromatic carbocycles. The van der Waals surface area contributed by atoms with E-state index in [0.29, 0.717) is 12.5 Å². The summed E-state index contributed by atoms with van der Waals surface area (Å²) in [5, 5.41) is 3.32. The van der Waals surface area contributed by atoms with Crippen LogP contribution in [0.4, 0.5) is 0 Å². The largest absolute Gasteiger partial charge is 0.382 e. The number of carbonyl (C=O) groups excluding carboxylic acids is 1. The van der Waals surface area contributed by atoms with Crippen molar-refractivity contribution in [3.05, 3.63) is 0 Å². The molecule has 2 atom stereocenters. The molecule has 1 N–H and O–H groups in total. The summed E-state index contributed by atoms with van der Waals surface area (Å²) in [5.41, 5.74) is 0. The van der Waals surface area contributed by atoms with Gasteiger partial charge < -0.3 is 15.0 Å². The van der Waals surface area contributed by atoms with E-state index < -0.39 is 0 Å². The van der Waals surface area contributed by atoms with Crippen molar-refractivity contribution in [1.82, 2.24) is 10.2 Å². The van der Waals surface area contributed by atoms with Crippen LogP contribution in [0.2, 0.25) is 0 Å². The van der Waals surface area contributed by atoms with Crippen molar-refractivity contribution in [1.29, 1.82) is 0 Å². The second-order valence-electron chi connectivity index (χ2n) is 4.28. The number of ether oxygens (including phenoxy) is 1. The molecule has 0 aromatic heterocycles. The van der Waals surface area contributed by atoms with Gasteiger partial charge in [-0.15, -0.1) is 0 Å².